The molecule has 7 heteroatoms. The Labute approximate surface area is 140 Å². The molecule has 2 N–H and O–H groups in total. The summed E-state index contributed by atoms with van der Waals surface area (Å²) >= 11 is 0. The Kier molecular flexibility index (Phi) is 4.69. The second-order valence-corrected chi connectivity index (χ2v) is 5.66. The molecule has 124 valence electrons. The first kappa shape index (κ1) is 15.9. The number of nitrogens with zero attached hydrogens (tertiary/aromatic N) is 4. The van der Waals surface area contributed by atoms with Crippen molar-refractivity contribution in [1.29, 1.82) is 0 Å². The number of carbonyl (C=O) groups is 1. The van der Waals surface area contributed by atoms with Crippen molar-refractivity contribution in [3.63, 3.8) is 0 Å². The molecule has 0 fully saturated rings. The van der Waals surface area contributed by atoms with Crippen molar-refractivity contribution in [3.05, 3.63) is 59.7 Å². The van der Waals surface area contributed by atoms with Crippen LogP contribution in [0.25, 0.3) is 5.69 Å². The molecule has 7 nitrogen and oxygen atoms in total. The predicted octanol–water partition coefficient (Wildman–Crippen LogP) is 2.43. The molecule has 2 aromatic heterocycles. The van der Waals surface area contributed by atoms with Gasteiger partial charge in [-0.1, -0.05) is 30.7 Å². The van der Waals surface area contributed by atoms with Crippen LogP contribution in [0.1, 0.15) is 48.1 Å². The van der Waals surface area contributed by atoms with Crippen LogP contribution < -0.4 is 5.32 Å². The lowest BCUT2D eigenvalue weighted by Gasteiger charge is -2.14. The van der Waals surface area contributed by atoms with Crippen LogP contribution in [0.2, 0.25) is 0 Å². The molecule has 2 heterocycles. The standard InChI is InChI=1S/C17H20N6O/c1-3-4-14-11-16(21-20-14)17(24)19-12(2)13-5-7-15(8-6-13)23-10-9-18-22-23/h5-12H,3-4H2,1-2H3,(H,19,24)(H,20,21). The summed E-state index contributed by atoms with van der Waals surface area (Å²) in [6.07, 6.45) is 5.32. The van der Waals surface area contributed by atoms with Crippen molar-refractivity contribution in [2.24, 2.45) is 0 Å². The third kappa shape index (κ3) is 3.51. The molecule has 0 aliphatic carbocycles. The first-order valence-electron chi connectivity index (χ1n) is 7.99. The fourth-order valence-corrected chi connectivity index (χ4v) is 2.49. The second kappa shape index (κ2) is 7.08. The molecular weight excluding hydrogens is 304 g/mol. The Morgan fingerprint density at radius 1 is 1.33 bits per heavy atom. The Morgan fingerprint density at radius 2 is 2.12 bits per heavy atom. The van der Waals surface area contributed by atoms with E-state index in [4.69, 9.17) is 0 Å². The molecule has 1 aromatic carbocycles. The molecule has 0 aliphatic rings. The Hall–Kier alpha value is -2.96. The van der Waals surface area contributed by atoms with E-state index in [1.807, 2.05) is 31.2 Å². The van der Waals surface area contributed by atoms with E-state index in [2.05, 4.69) is 32.7 Å². The zero-order valence-corrected chi connectivity index (χ0v) is 13.7. The van der Waals surface area contributed by atoms with E-state index in [9.17, 15) is 4.79 Å². The molecule has 0 saturated heterocycles. The number of amides is 1. The molecule has 0 radical (unpaired) electrons. The van der Waals surface area contributed by atoms with Gasteiger partial charge >= 0.3 is 0 Å². The monoisotopic (exact) mass is 324 g/mol. The minimum absolute atomic E-state index is 0.117. The van der Waals surface area contributed by atoms with Gasteiger partial charge in [0.25, 0.3) is 5.91 Å². The summed E-state index contributed by atoms with van der Waals surface area (Å²) < 4.78 is 1.69. The van der Waals surface area contributed by atoms with Gasteiger partial charge in [0.15, 0.2) is 0 Å². The predicted molar refractivity (Wildman–Crippen MR) is 89.8 cm³/mol. The molecule has 24 heavy (non-hydrogen) atoms. The van der Waals surface area contributed by atoms with Crippen LogP contribution in [0.15, 0.2) is 42.7 Å². The van der Waals surface area contributed by atoms with Crippen LogP contribution in [-0.4, -0.2) is 31.1 Å². The molecule has 1 unspecified atom stereocenters. The maximum absolute atomic E-state index is 12.3. The van der Waals surface area contributed by atoms with Crippen molar-refractivity contribution in [1.82, 2.24) is 30.5 Å². The Morgan fingerprint density at radius 3 is 2.79 bits per heavy atom. The fourth-order valence-electron chi connectivity index (χ4n) is 2.49. The van der Waals surface area contributed by atoms with Crippen LogP contribution in [0, 0.1) is 0 Å². The minimum atomic E-state index is -0.179. The number of rotatable bonds is 6. The molecular formula is C17H20N6O. The maximum Gasteiger partial charge on any atom is 0.272 e. The van der Waals surface area contributed by atoms with Gasteiger partial charge in [-0.3, -0.25) is 9.89 Å². The van der Waals surface area contributed by atoms with E-state index in [-0.39, 0.29) is 11.9 Å². The summed E-state index contributed by atoms with van der Waals surface area (Å²) in [6, 6.07) is 9.51. The highest BCUT2D eigenvalue weighted by Gasteiger charge is 2.14. The average Bonchev–Trinajstić information content (AvgIpc) is 3.27. The number of aromatic amines is 1. The molecule has 3 rings (SSSR count). The number of aromatic nitrogens is 5. The van der Waals surface area contributed by atoms with Gasteiger partial charge in [0.05, 0.1) is 24.1 Å². The molecule has 0 saturated carbocycles. The zero-order chi connectivity index (χ0) is 16.9. The summed E-state index contributed by atoms with van der Waals surface area (Å²) in [5.41, 5.74) is 3.33. The van der Waals surface area contributed by atoms with E-state index < -0.39 is 0 Å². The van der Waals surface area contributed by atoms with E-state index >= 15 is 0 Å². The van der Waals surface area contributed by atoms with Crippen molar-refractivity contribution in [2.75, 3.05) is 0 Å². The molecule has 0 bridgehead atoms. The van der Waals surface area contributed by atoms with Crippen LogP contribution >= 0.6 is 0 Å². The van der Waals surface area contributed by atoms with E-state index in [1.54, 1.807) is 23.1 Å². The van der Waals surface area contributed by atoms with Gasteiger partial charge in [-0.2, -0.15) is 5.10 Å². The highest BCUT2D eigenvalue weighted by molar-refractivity contribution is 5.92. The first-order valence-corrected chi connectivity index (χ1v) is 7.99. The minimum Gasteiger partial charge on any atom is -0.344 e. The summed E-state index contributed by atoms with van der Waals surface area (Å²) in [7, 11) is 0. The number of carbonyl (C=O) groups excluding carboxylic acids is 1. The maximum atomic E-state index is 12.3. The van der Waals surface area contributed by atoms with Crippen LogP contribution in [0.5, 0.6) is 0 Å². The number of H-pyrrole nitrogens is 1. The lowest BCUT2D eigenvalue weighted by atomic mass is 10.1. The third-order valence-electron chi connectivity index (χ3n) is 3.81. The Balaban J connectivity index is 1.65. The van der Waals surface area contributed by atoms with Crippen molar-refractivity contribution >= 4 is 5.91 Å². The second-order valence-electron chi connectivity index (χ2n) is 5.66. The van der Waals surface area contributed by atoms with Gasteiger partial charge < -0.3 is 5.32 Å². The molecule has 0 aliphatic heterocycles. The van der Waals surface area contributed by atoms with Crippen molar-refractivity contribution in [2.45, 2.75) is 32.7 Å². The highest BCUT2D eigenvalue weighted by atomic mass is 16.2. The highest BCUT2D eigenvalue weighted by Crippen LogP contribution is 2.16. The van der Waals surface area contributed by atoms with E-state index in [1.165, 1.54) is 0 Å². The summed E-state index contributed by atoms with van der Waals surface area (Å²) in [4.78, 5) is 12.3. The summed E-state index contributed by atoms with van der Waals surface area (Å²) in [5.74, 6) is -0.179. The molecule has 1 amide bonds. The SMILES string of the molecule is CCCc1cc(C(=O)NC(C)c2ccc(-n3ccnn3)cc2)n[nH]1. The van der Waals surface area contributed by atoms with Crippen LogP contribution in [0.3, 0.4) is 0 Å². The largest absolute Gasteiger partial charge is 0.344 e. The topological polar surface area (TPSA) is 88.5 Å². The first-order chi connectivity index (χ1) is 11.7. The quantitative estimate of drug-likeness (QED) is 0.729. The summed E-state index contributed by atoms with van der Waals surface area (Å²) in [5, 5.41) is 17.7. The van der Waals surface area contributed by atoms with Gasteiger partial charge in [0.2, 0.25) is 0 Å². The zero-order valence-electron chi connectivity index (χ0n) is 13.7. The van der Waals surface area contributed by atoms with Crippen molar-refractivity contribution in [3.8, 4) is 5.69 Å². The molecule has 1 atom stereocenters. The number of aryl methyl sites for hydroxylation is 1. The van der Waals surface area contributed by atoms with Gasteiger partial charge in [0.1, 0.15) is 5.69 Å². The summed E-state index contributed by atoms with van der Waals surface area (Å²) in [6.45, 7) is 4.04. The van der Waals surface area contributed by atoms with Crippen LogP contribution in [0.4, 0.5) is 0 Å². The smallest absolute Gasteiger partial charge is 0.272 e. The number of nitrogens with one attached hydrogen (secondary N) is 2. The van der Waals surface area contributed by atoms with E-state index in [0.717, 1.165) is 29.8 Å². The lowest BCUT2D eigenvalue weighted by Crippen LogP contribution is -2.26. The van der Waals surface area contributed by atoms with Gasteiger partial charge in [-0.05, 0) is 37.1 Å². The molecule has 3 aromatic rings. The van der Waals surface area contributed by atoms with Crippen LogP contribution in [-0.2, 0) is 6.42 Å². The van der Waals surface area contributed by atoms with Gasteiger partial charge in [-0.25, -0.2) is 4.68 Å². The van der Waals surface area contributed by atoms with Gasteiger partial charge in [-0.15, -0.1) is 5.10 Å². The van der Waals surface area contributed by atoms with Gasteiger partial charge in [0, 0.05) is 5.69 Å². The fraction of sp³-hybridized carbons (Fsp3) is 0.294. The Bertz CT molecular complexity index is 791. The normalized spacial score (nSPS) is 12.1. The lowest BCUT2D eigenvalue weighted by molar-refractivity contribution is 0.0935. The number of benzene rings is 1. The average molecular weight is 324 g/mol. The van der Waals surface area contributed by atoms with E-state index in [0.29, 0.717) is 5.69 Å². The number of hydrogen-bond donors (Lipinski definition) is 2. The van der Waals surface area contributed by atoms with Crippen molar-refractivity contribution < 1.29 is 4.79 Å². The number of hydrogen-bond acceptors (Lipinski definition) is 4. The third-order valence-corrected chi connectivity index (χ3v) is 3.81. The molecule has 0 spiro atoms.